The van der Waals surface area contributed by atoms with Gasteiger partial charge in [-0.05, 0) is 44.0 Å². The second kappa shape index (κ2) is 8.95. The van der Waals surface area contributed by atoms with Gasteiger partial charge >= 0.3 is 6.03 Å². The van der Waals surface area contributed by atoms with Crippen LogP contribution in [0.5, 0.6) is 0 Å². The van der Waals surface area contributed by atoms with Gasteiger partial charge in [-0.3, -0.25) is 14.9 Å². The molecule has 0 unspecified atom stereocenters. The summed E-state index contributed by atoms with van der Waals surface area (Å²) in [6, 6.07) is 8.13. The monoisotopic (exact) mass is 367 g/mol. The molecule has 1 aliphatic heterocycles. The first-order chi connectivity index (χ1) is 13.0. The molecular weight excluding hydrogens is 338 g/mol. The number of pyridine rings is 2. The molecule has 1 N–H and O–H groups in total. The standard InChI is InChI=1S/C21H29N5O/c1-16-6-4-8-22-19(16)14-18(3)24-21(27)26-12-10-25(11-13-26)15-20-17(2)7-5-9-23-20/h4-9,18H,10-15H2,1-3H3,(H,24,27)/t18-/m0/s1. The quantitative estimate of drug-likeness (QED) is 0.882. The van der Waals surface area contributed by atoms with Crippen LogP contribution in [-0.2, 0) is 13.0 Å². The molecule has 6 heteroatoms. The summed E-state index contributed by atoms with van der Waals surface area (Å²) in [5.41, 5.74) is 4.55. The van der Waals surface area contributed by atoms with E-state index in [0.717, 1.165) is 56.1 Å². The van der Waals surface area contributed by atoms with Crippen LogP contribution in [0.25, 0.3) is 0 Å². The Morgan fingerprint density at radius 3 is 2.22 bits per heavy atom. The van der Waals surface area contributed by atoms with Crippen molar-refractivity contribution in [1.29, 1.82) is 0 Å². The maximum Gasteiger partial charge on any atom is 0.317 e. The number of hydrogen-bond donors (Lipinski definition) is 1. The lowest BCUT2D eigenvalue weighted by Crippen LogP contribution is -2.53. The van der Waals surface area contributed by atoms with Crippen molar-refractivity contribution >= 4 is 6.03 Å². The fraction of sp³-hybridized carbons (Fsp3) is 0.476. The lowest BCUT2D eigenvalue weighted by molar-refractivity contribution is 0.132. The third-order valence-electron chi connectivity index (χ3n) is 5.14. The van der Waals surface area contributed by atoms with E-state index >= 15 is 0 Å². The Balaban J connectivity index is 1.45. The maximum atomic E-state index is 12.6. The Hall–Kier alpha value is -2.47. The van der Waals surface area contributed by atoms with Gasteiger partial charge in [0.2, 0.25) is 0 Å². The minimum atomic E-state index is 0.0183. The van der Waals surface area contributed by atoms with E-state index < -0.39 is 0 Å². The van der Waals surface area contributed by atoms with Crippen molar-refractivity contribution in [2.45, 2.75) is 39.8 Å². The number of carbonyl (C=O) groups excluding carboxylic acids is 1. The van der Waals surface area contributed by atoms with Crippen LogP contribution in [0.4, 0.5) is 4.79 Å². The average Bonchev–Trinajstić information content (AvgIpc) is 2.66. The molecule has 1 atom stereocenters. The van der Waals surface area contributed by atoms with E-state index in [-0.39, 0.29) is 12.1 Å². The van der Waals surface area contributed by atoms with Gasteiger partial charge in [0.15, 0.2) is 0 Å². The molecule has 6 nitrogen and oxygen atoms in total. The fourth-order valence-corrected chi connectivity index (χ4v) is 3.38. The van der Waals surface area contributed by atoms with Crippen molar-refractivity contribution in [2.75, 3.05) is 26.2 Å². The molecule has 3 rings (SSSR count). The number of hydrogen-bond acceptors (Lipinski definition) is 4. The minimum Gasteiger partial charge on any atom is -0.335 e. The van der Waals surface area contributed by atoms with Crippen LogP contribution >= 0.6 is 0 Å². The highest BCUT2D eigenvalue weighted by Crippen LogP contribution is 2.11. The number of nitrogens with zero attached hydrogens (tertiary/aromatic N) is 4. The zero-order valence-corrected chi connectivity index (χ0v) is 16.5. The lowest BCUT2D eigenvalue weighted by Gasteiger charge is -2.35. The Morgan fingerprint density at radius 1 is 1.04 bits per heavy atom. The summed E-state index contributed by atoms with van der Waals surface area (Å²) in [6.45, 7) is 10.3. The van der Waals surface area contributed by atoms with Crippen molar-refractivity contribution in [2.24, 2.45) is 0 Å². The van der Waals surface area contributed by atoms with Gasteiger partial charge < -0.3 is 10.2 Å². The molecule has 0 saturated carbocycles. The SMILES string of the molecule is Cc1cccnc1C[C@H](C)NC(=O)N1CCN(Cc2ncccc2C)CC1. The molecule has 0 aromatic carbocycles. The smallest absolute Gasteiger partial charge is 0.317 e. The maximum absolute atomic E-state index is 12.6. The van der Waals surface area contributed by atoms with Crippen LogP contribution in [-0.4, -0.2) is 58.0 Å². The van der Waals surface area contributed by atoms with Crippen LogP contribution in [0.1, 0.15) is 29.4 Å². The molecule has 27 heavy (non-hydrogen) atoms. The third-order valence-corrected chi connectivity index (χ3v) is 5.14. The molecular formula is C21H29N5O. The Labute approximate surface area is 161 Å². The Bertz CT molecular complexity index is 771. The number of rotatable bonds is 5. The van der Waals surface area contributed by atoms with E-state index in [1.165, 1.54) is 5.56 Å². The summed E-state index contributed by atoms with van der Waals surface area (Å²) in [6.07, 6.45) is 4.40. The van der Waals surface area contributed by atoms with Crippen LogP contribution in [0.3, 0.4) is 0 Å². The number of aryl methyl sites for hydroxylation is 2. The van der Waals surface area contributed by atoms with Gasteiger partial charge in [-0.2, -0.15) is 0 Å². The number of amides is 2. The molecule has 2 amide bonds. The first-order valence-electron chi connectivity index (χ1n) is 9.61. The lowest BCUT2D eigenvalue weighted by atomic mass is 10.1. The van der Waals surface area contributed by atoms with E-state index in [1.54, 1.807) is 6.20 Å². The van der Waals surface area contributed by atoms with Crippen molar-refractivity contribution in [1.82, 2.24) is 25.1 Å². The predicted molar refractivity (Wildman–Crippen MR) is 106 cm³/mol. The number of urea groups is 1. The fourth-order valence-electron chi connectivity index (χ4n) is 3.38. The van der Waals surface area contributed by atoms with E-state index in [9.17, 15) is 4.79 Å². The van der Waals surface area contributed by atoms with Crippen molar-refractivity contribution in [3.05, 3.63) is 59.2 Å². The number of aromatic nitrogens is 2. The molecule has 144 valence electrons. The van der Waals surface area contributed by atoms with Gasteiger partial charge in [0.25, 0.3) is 0 Å². The molecule has 0 bridgehead atoms. The topological polar surface area (TPSA) is 61.4 Å². The molecule has 3 heterocycles. The molecule has 0 spiro atoms. The molecule has 0 aliphatic carbocycles. The summed E-state index contributed by atoms with van der Waals surface area (Å²) in [5, 5.41) is 3.12. The van der Waals surface area contributed by atoms with E-state index in [2.05, 4.69) is 46.2 Å². The molecule has 0 radical (unpaired) electrons. The van der Waals surface area contributed by atoms with Crippen LogP contribution in [0.2, 0.25) is 0 Å². The molecule has 1 saturated heterocycles. The van der Waals surface area contributed by atoms with Gasteiger partial charge in [0, 0.05) is 63.3 Å². The Morgan fingerprint density at radius 2 is 1.63 bits per heavy atom. The highest BCUT2D eigenvalue weighted by molar-refractivity contribution is 5.74. The summed E-state index contributed by atoms with van der Waals surface area (Å²) in [4.78, 5) is 25.7. The van der Waals surface area contributed by atoms with E-state index in [0.29, 0.717) is 0 Å². The van der Waals surface area contributed by atoms with Crippen LogP contribution in [0, 0.1) is 13.8 Å². The minimum absolute atomic E-state index is 0.0183. The van der Waals surface area contributed by atoms with Gasteiger partial charge in [0.05, 0.1) is 5.69 Å². The zero-order valence-electron chi connectivity index (χ0n) is 16.5. The normalized spacial score (nSPS) is 16.2. The molecule has 2 aromatic rings. The molecule has 1 fully saturated rings. The second-order valence-corrected chi connectivity index (χ2v) is 7.35. The molecule has 1 aliphatic rings. The summed E-state index contributed by atoms with van der Waals surface area (Å²) < 4.78 is 0. The largest absolute Gasteiger partial charge is 0.335 e. The highest BCUT2D eigenvalue weighted by atomic mass is 16.2. The third kappa shape index (κ3) is 5.26. The summed E-state index contributed by atoms with van der Waals surface area (Å²) in [7, 11) is 0. The number of nitrogens with one attached hydrogen (secondary N) is 1. The van der Waals surface area contributed by atoms with E-state index in [4.69, 9.17) is 0 Å². The number of piperazine rings is 1. The van der Waals surface area contributed by atoms with Crippen molar-refractivity contribution in [3.8, 4) is 0 Å². The average molecular weight is 367 g/mol. The first kappa shape index (κ1) is 19.3. The van der Waals surface area contributed by atoms with E-state index in [1.807, 2.05) is 30.2 Å². The predicted octanol–water partition coefficient (Wildman–Crippen LogP) is 2.55. The highest BCUT2D eigenvalue weighted by Gasteiger charge is 2.22. The van der Waals surface area contributed by atoms with Gasteiger partial charge in [-0.25, -0.2) is 4.79 Å². The van der Waals surface area contributed by atoms with Crippen molar-refractivity contribution < 1.29 is 4.79 Å². The summed E-state index contributed by atoms with van der Waals surface area (Å²) >= 11 is 0. The van der Waals surface area contributed by atoms with Gasteiger partial charge in [-0.15, -0.1) is 0 Å². The zero-order chi connectivity index (χ0) is 19.2. The van der Waals surface area contributed by atoms with Crippen LogP contribution < -0.4 is 5.32 Å². The van der Waals surface area contributed by atoms with Crippen molar-refractivity contribution in [3.63, 3.8) is 0 Å². The Kier molecular flexibility index (Phi) is 6.40. The summed E-state index contributed by atoms with van der Waals surface area (Å²) in [5.74, 6) is 0. The number of carbonyl (C=O) groups is 1. The van der Waals surface area contributed by atoms with Gasteiger partial charge in [-0.1, -0.05) is 12.1 Å². The second-order valence-electron chi connectivity index (χ2n) is 7.35. The first-order valence-corrected chi connectivity index (χ1v) is 9.61. The van der Waals surface area contributed by atoms with Gasteiger partial charge in [0.1, 0.15) is 0 Å². The van der Waals surface area contributed by atoms with Crippen LogP contribution in [0.15, 0.2) is 36.7 Å². The molecule has 2 aromatic heterocycles.